The lowest BCUT2D eigenvalue weighted by Gasteiger charge is -2.41. The van der Waals surface area contributed by atoms with Gasteiger partial charge in [-0.1, -0.05) is 186 Å². The smallest absolute Gasteiger partial charge is 0.393 e. The summed E-state index contributed by atoms with van der Waals surface area (Å²) in [7, 11) is -5.14. The van der Waals surface area contributed by atoms with Crippen LogP contribution in [-0.4, -0.2) is 108 Å². The van der Waals surface area contributed by atoms with Crippen LogP contribution in [0.1, 0.15) is 194 Å². The molecule has 9 N–H and O–H groups in total. The number of aliphatic hydroxyl groups is 7. The summed E-state index contributed by atoms with van der Waals surface area (Å²) in [4.78, 5) is 23.3. The van der Waals surface area contributed by atoms with Gasteiger partial charge in [0.1, 0.15) is 36.6 Å². The lowest BCUT2D eigenvalue weighted by Crippen LogP contribution is -2.64. The van der Waals surface area contributed by atoms with Crippen molar-refractivity contribution in [3.63, 3.8) is 0 Å². The normalized spacial score (nSPS) is 23.8. The molecule has 0 saturated heterocycles. The van der Waals surface area contributed by atoms with Gasteiger partial charge in [0, 0.05) is 0 Å². The summed E-state index contributed by atoms with van der Waals surface area (Å²) in [5, 5.41) is 74.1. The number of carbonyl (C=O) groups is 1. The number of nitrogens with one attached hydrogen (secondary N) is 1. The van der Waals surface area contributed by atoms with Gasteiger partial charge < -0.3 is 46.0 Å². The topological polar surface area (TPSA) is 226 Å². The van der Waals surface area contributed by atoms with Crippen LogP contribution in [0.25, 0.3) is 0 Å². The van der Waals surface area contributed by atoms with E-state index in [0.29, 0.717) is 12.8 Å². The molecule has 1 amide bonds. The summed E-state index contributed by atoms with van der Waals surface area (Å²) in [5.74, 6) is -0.604. The van der Waals surface area contributed by atoms with E-state index in [1.54, 1.807) is 6.08 Å². The van der Waals surface area contributed by atoms with Gasteiger partial charge in [0.2, 0.25) is 5.91 Å². The largest absolute Gasteiger partial charge is 0.472 e. The van der Waals surface area contributed by atoms with Crippen LogP contribution in [0.5, 0.6) is 0 Å². The van der Waals surface area contributed by atoms with Crippen LogP contribution in [0, 0.1) is 0 Å². The maximum atomic E-state index is 12.9. The van der Waals surface area contributed by atoms with E-state index in [0.717, 1.165) is 51.4 Å². The van der Waals surface area contributed by atoms with Gasteiger partial charge in [0.25, 0.3) is 0 Å². The highest BCUT2D eigenvalue weighted by molar-refractivity contribution is 7.47. The van der Waals surface area contributed by atoms with Gasteiger partial charge in [0.15, 0.2) is 0 Å². The molecule has 1 aliphatic rings. The zero-order chi connectivity index (χ0) is 43.7. The van der Waals surface area contributed by atoms with E-state index in [-0.39, 0.29) is 6.42 Å². The standard InChI is InChI=1S/C45H86NO12P/c1-3-5-7-9-11-13-14-15-16-17-18-19-20-21-22-23-24-25-26-28-30-32-36(47)34-39(49)46-37(38(48)33-31-29-27-12-10-8-6-4-2)35-57-59(55,56)58-45-43(53)41(51)40(50)42(52)44(45)54/h10,12,31,33,36-38,40-45,47-48,50-54H,3-9,11,13-30,32,34-35H2,1-2H3,(H,46,49)(H,55,56)/b12-10+,33-31+. The van der Waals surface area contributed by atoms with E-state index in [1.165, 1.54) is 115 Å². The van der Waals surface area contributed by atoms with Crippen LogP contribution in [0.3, 0.4) is 0 Å². The number of rotatable bonds is 38. The van der Waals surface area contributed by atoms with E-state index in [9.17, 15) is 50.0 Å². The number of phosphoric acid groups is 1. The number of hydrogen-bond acceptors (Lipinski definition) is 11. The monoisotopic (exact) mass is 864 g/mol. The third-order valence-corrected chi connectivity index (χ3v) is 12.3. The van der Waals surface area contributed by atoms with Crippen LogP contribution >= 0.6 is 7.82 Å². The highest BCUT2D eigenvalue weighted by Gasteiger charge is 2.51. The van der Waals surface area contributed by atoms with E-state index < -0.39 is 75.2 Å². The fraction of sp³-hybridized carbons (Fsp3) is 0.889. The second-order valence-electron chi connectivity index (χ2n) is 16.8. The van der Waals surface area contributed by atoms with Gasteiger partial charge >= 0.3 is 7.82 Å². The molecule has 1 saturated carbocycles. The third-order valence-electron chi connectivity index (χ3n) is 11.3. The molecule has 59 heavy (non-hydrogen) atoms. The summed E-state index contributed by atoms with van der Waals surface area (Å²) in [6.45, 7) is 3.64. The van der Waals surface area contributed by atoms with Crippen molar-refractivity contribution in [3.8, 4) is 0 Å². The molecule has 0 aromatic heterocycles. The van der Waals surface area contributed by atoms with Crippen molar-refractivity contribution in [2.45, 2.75) is 249 Å². The van der Waals surface area contributed by atoms with Gasteiger partial charge in [-0.15, -0.1) is 0 Å². The van der Waals surface area contributed by atoms with Gasteiger partial charge in [0.05, 0.1) is 31.3 Å². The maximum absolute atomic E-state index is 12.9. The number of allylic oxidation sites excluding steroid dienone is 3. The third kappa shape index (κ3) is 27.5. The summed E-state index contributed by atoms with van der Waals surface area (Å²) < 4.78 is 22.7. The molecule has 0 heterocycles. The molecule has 0 spiro atoms. The van der Waals surface area contributed by atoms with Crippen molar-refractivity contribution in [1.29, 1.82) is 0 Å². The summed E-state index contributed by atoms with van der Waals surface area (Å²) in [5.41, 5.74) is 0. The van der Waals surface area contributed by atoms with Crippen molar-refractivity contribution in [2.24, 2.45) is 0 Å². The highest BCUT2D eigenvalue weighted by atomic mass is 31.2. The van der Waals surface area contributed by atoms with E-state index in [2.05, 4.69) is 25.2 Å². The Hall–Kier alpha value is -1.22. The van der Waals surface area contributed by atoms with Crippen LogP contribution in [0.15, 0.2) is 24.3 Å². The zero-order valence-corrected chi connectivity index (χ0v) is 37.6. The SMILES string of the molecule is CCCC/C=C/CC/C=C/C(O)C(COP(=O)(O)OC1C(O)C(O)C(O)C(O)C1O)NC(=O)CC(O)CCCCCCCCCCCCCCCCCCCCCCC. The molecular weight excluding hydrogens is 777 g/mol. The van der Waals surface area contributed by atoms with E-state index in [4.69, 9.17) is 9.05 Å². The molecule has 13 nitrogen and oxygen atoms in total. The fourth-order valence-corrected chi connectivity index (χ4v) is 8.39. The molecule has 1 fully saturated rings. The van der Waals surface area contributed by atoms with Crippen LogP contribution in [-0.2, 0) is 18.4 Å². The number of hydrogen-bond donors (Lipinski definition) is 9. The first kappa shape index (κ1) is 55.8. The number of amides is 1. The second kappa shape index (κ2) is 35.3. The van der Waals surface area contributed by atoms with Crippen LogP contribution < -0.4 is 5.32 Å². The average molecular weight is 864 g/mol. The number of aliphatic hydroxyl groups excluding tert-OH is 7. The molecule has 14 heteroatoms. The van der Waals surface area contributed by atoms with Gasteiger partial charge in [-0.25, -0.2) is 4.57 Å². The molecule has 0 bridgehead atoms. The number of phosphoric ester groups is 1. The minimum absolute atomic E-state index is 0.249. The average Bonchev–Trinajstić information content (AvgIpc) is 3.21. The van der Waals surface area contributed by atoms with E-state index in [1.807, 2.05) is 6.08 Å². The van der Waals surface area contributed by atoms with Crippen LogP contribution in [0.4, 0.5) is 0 Å². The molecule has 0 aromatic rings. The van der Waals surface area contributed by atoms with Crippen molar-refractivity contribution in [2.75, 3.05) is 6.61 Å². The summed E-state index contributed by atoms with van der Waals surface area (Å²) in [6, 6.07) is -1.25. The molecule has 1 rings (SSSR count). The first-order valence-corrected chi connectivity index (χ1v) is 24.9. The Bertz CT molecular complexity index is 1110. The van der Waals surface area contributed by atoms with Crippen LogP contribution in [0.2, 0.25) is 0 Å². The number of carbonyl (C=O) groups excluding carboxylic acids is 1. The van der Waals surface area contributed by atoms with Gasteiger partial charge in [-0.3, -0.25) is 13.8 Å². The van der Waals surface area contributed by atoms with Gasteiger partial charge in [-0.2, -0.15) is 0 Å². The van der Waals surface area contributed by atoms with Crippen molar-refractivity contribution in [1.82, 2.24) is 5.32 Å². The minimum Gasteiger partial charge on any atom is -0.393 e. The Morgan fingerprint density at radius 3 is 1.47 bits per heavy atom. The lowest BCUT2D eigenvalue weighted by molar-refractivity contribution is -0.220. The zero-order valence-electron chi connectivity index (χ0n) is 36.7. The van der Waals surface area contributed by atoms with Crippen molar-refractivity contribution in [3.05, 3.63) is 24.3 Å². The lowest BCUT2D eigenvalue weighted by atomic mass is 9.85. The maximum Gasteiger partial charge on any atom is 0.472 e. The predicted octanol–water partition coefficient (Wildman–Crippen LogP) is 7.59. The summed E-state index contributed by atoms with van der Waals surface area (Å²) >= 11 is 0. The minimum atomic E-state index is -5.14. The highest BCUT2D eigenvalue weighted by Crippen LogP contribution is 2.47. The predicted molar refractivity (Wildman–Crippen MR) is 234 cm³/mol. The number of unbranched alkanes of at least 4 members (excludes halogenated alkanes) is 23. The second-order valence-corrected chi connectivity index (χ2v) is 18.2. The molecule has 8 atom stereocenters. The summed E-state index contributed by atoms with van der Waals surface area (Å²) in [6.07, 6.45) is 24.6. The first-order valence-electron chi connectivity index (χ1n) is 23.4. The molecular formula is C45H86NO12P. The van der Waals surface area contributed by atoms with Crippen molar-refractivity contribution < 1.29 is 59.0 Å². The first-order chi connectivity index (χ1) is 28.3. The Morgan fingerprint density at radius 2 is 1.00 bits per heavy atom. The Morgan fingerprint density at radius 1 is 0.593 bits per heavy atom. The Balaban J connectivity index is 2.39. The van der Waals surface area contributed by atoms with E-state index >= 15 is 0 Å². The molecule has 0 aromatic carbocycles. The Labute approximate surface area is 356 Å². The Kier molecular flexibility index (Phi) is 33.3. The molecule has 0 radical (unpaired) electrons. The quantitative estimate of drug-likeness (QED) is 0.0166. The molecule has 8 unspecified atom stereocenters. The fourth-order valence-electron chi connectivity index (χ4n) is 7.42. The molecule has 1 aliphatic carbocycles. The van der Waals surface area contributed by atoms with Crippen molar-refractivity contribution >= 4 is 13.7 Å². The van der Waals surface area contributed by atoms with Gasteiger partial charge in [-0.05, 0) is 25.7 Å². The molecule has 0 aliphatic heterocycles. The molecule has 348 valence electrons.